The summed E-state index contributed by atoms with van der Waals surface area (Å²) < 4.78 is 19.9. The van der Waals surface area contributed by atoms with E-state index in [1.165, 1.54) is 5.57 Å². The van der Waals surface area contributed by atoms with E-state index < -0.39 is 31.7 Å². The fraction of sp³-hybridized carbons (Fsp3) is 0.545. The summed E-state index contributed by atoms with van der Waals surface area (Å²) in [7, 11) is -2.87. The number of hydrogen-bond acceptors (Lipinski definition) is 5. The third-order valence-electron chi connectivity index (χ3n) is 9.75. The van der Waals surface area contributed by atoms with Gasteiger partial charge in [0.25, 0.3) is 8.32 Å². The van der Waals surface area contributed by atoms with Crippen molar-refractivity contribution < 1.29 is 23.8 Å². The maximum Gasteiger partial charge on any atom is 0.331 e. The summed E-state index contributed by atoms with van der Waals surface area (Å²) in [6.45, 7) is 14.8. The first-order chi connectivity index (χ1) is 18.4. The van der Waals surface area contributed by atoms with Crippen molar-refractivity contribution in [3.8, 4) is 0 Å². The van der Waals surface area contributed by atoms with Crippen molar-refractivity contribution in [1.82, 2.24) is 0 Å². The predicted octanol–water partition coefficient (Wildman–Crippen LogP) is 5.15. The van der Waals surface area contributed by atoms with Crippen LogP contribution < -0.4 is 10.4 Å². The van der Waals surface area contributed by atoms with Crippen LogP contribution in [0.1, 0.15) is 67.7 Å². The SMILES string of the molecule is CC1=C2[C@@H](CC1)[C@]1(C)O[C@@](C(C)C)(C[C@H]1OC(=O)CO[Si](c1ccccc1)(c1ccccc1)C(C)(C)C)[C@H]2O. The maximum absolute atomic E-state index is 13.6. The van der Waals surface area contributed by atoms with Gasteiger partial charge in [0, 0.05) is 12.3 Å². The number of aliphatic hydroxyl groups excluding tert-OH is 1. The van der Waals surface area contributed by atoms with Crippen LogP contribution in [0.25, 0.3) is 0 Å². The van der Waals surface area contributed by atoms with Crippen LogP contribution in [0.5, 0.6) is 0 Å². The fourth-order valence-corrected chi connectivity index (χ4v) is 12.2. The molecule has 0 unspecified atom stereocenters. The standard InChI is InChI=1S/C33H44O5Si/c1-22(2)33-20-27(32(7,38-33)26-19-18-23(3)29(26)30(33)35)37-28(34)21-36-39(31(4,5)6,24-14-10-8-11-15-24)25-16-12-9-13-17-25/h8-17,22,26-27,30,35H,18-21H2,1-7H3/t26-,27-,30+,32+,33-/m1/s1. The molecule has 2 bridgehead atoms. The number of benzene rings is 2. The minimum atomic E-state index is -2.87. The number of carbonyl (C=O) groups excluding carboxylic acids is 1. The summed E-state index contributed by atoms with van der Waals surface area (Å²) in [6.07, 6.45) is 1.23. The van der Waals surface area contributed by atoms with Crippen molar-refractivity contribution in [2.45, 2.75) is 96.2 Å². The lowest BCUT2D eigenvalue weighted by atomic mass is 9.74. The van der Waals surface area contributed by atoms with Crippen LogP contribution in [0.4, 0.5) is 0 Å². The van der Waals surface area contributed by atoms with Crippen molar-refractivity contribution in [3.63, 3.8) is 0 Å². The van der Waals surface area contributed by atoms with E-state index in [-0.39, 0.29) is 29.5 Å². The Morgan fingerprint density at radius 2 is 1.64 bits per heavy atom. The third-order valence-corrected chi connectivity index (χ3v) is 14.7. The molecule has 2 aliphatic heterocycles. The Morgan fingerprint density at radius 3 is 2.15 bits per heavy atom. The predicted molar refractivity (Wildman–Crippen MR) is 157 cm³/mol. The van der Waals surface area contributed by atoms with Gasteiger partial charge in [0.2, 0.25) is 0 Å². The second-order valence-electron chi connectivity index (χ2n) is 13.3. The highest BCUT2D eigenvalue weighted by atomic mass is 28.4. The minimum absolute atomic E-state index is 0.0530. The van der Waals surface area contributed by atoms with E-state index >= 15 is 0 Å². The number of rotatable bonds is 7. The van der Waals surface area contributed by atoms with Gasteiger partial charge in [0.1, 0.15) is 30.0 Å². The lowest BCUT2D eigenvalue weighted by molar-refractivity contribution is -0.215. The molecule has 0 amide bonds. The number of carbonyl (C=O) groups is 1. The Hall–Kier alpha value is -2.25. The largest absolute Gasteiger partial charge is 0.457 e. The number of aliphatic hydroxyl groups is 1. The lowest BCUT2D eigenvalue weighted by Crippen LogP contribution is -2.67. The summed E-state index contributed by atoms with van der Waals surface area (Å²) in [6, 6.07) is 20.6. The molecule has 5 nitrogen and oxygen atoms in total. The molecule has 2 heterocycles. The quantitative estimate of drug-likeness (QED) is 0.295. The second kappa shape index (κ2) is 9.98. The van der Waals surface area contributed by atoms with E-state index in [2.05, 4.69) is 72.7 Å². The van der Waals surface area contributed by atoms with Crippen LogP contribution in [0.2, 0.25) is 5.04 Å². The van der Waals surface area contributed by atoms with E-state index in [0.717, 1.165) is 28.8 Å². The normalized spacial score (nSPS) is 30.5. The molecule has 2 aromatic rings. The van der Waals surface area contributed by atoms with E-state index in [1.54, 1.807) is 0 Å². The highest BCUT2D eigenvalue weighted by Crippen LogP contribution is 2.60. The zero-order valence-electron chi connectivity index (χ0n) is 24.5. The molecule has 0 radical (unpaired) electrons. The molecule has 39 heavy (non-hydrogen) atoms. The molecular weight excluding hydrogens is 504 g/mol. The highest BCUT2D eigenvalue weighted by molar-refractivity contribution is 6.99. The molecule has 0 saturated carbocycles. The van der Waals surface area contributed by atoms with Crippen molar-refractivity contribution in [3.05, 3.63) is 71.8 Å². The van der Waals surface area contributed by atoms with Gasteiger partial charge in [-0.25, -0.2) is 4.79 Å². The molecule has 210 valence electrons. The first-order valence-electron chi connectivity index (χ1n) is 14.4. The van der Waals surface area contributed by atoms with E-state index in [4.69, 9.17) is 13.9 Å². The van der Waals surface area contributed by atoms with Gasteiger partial charge in [-0.1, -0.05) is 101 Å². The Kier molecular flexibility index (Phi) is 7.24. The summed E-state index contributed by atoms with van der Waals surface area (Å²) in [5, 5.41) is 13.6. The number of fused-ring (bicyclic) bond motifs is 4. The topological polar surface area (TPSA) is 65.0 Å². The molecule has 5 atom stereocenters. The maximum atomic E-state index is 13.6. The first kappa shape index (κ1) is 28.3. The summed E-state index contributed by atoms with van der Waals surface area (Å²) >= 11 is 0. The van der Waals surface area contributed by atoms with Crippen LogP contribution in [-0.2, 0) is 18.7 Å². The number of hydrogen-bond donors (Lipinski definition) is 1. The second-order valence-corrected chi connectivity index (χ2v) is 17.6. The molecule has 0 aromatic heterocycles. The molecule has 5 rings (SSSR count). The zero-order valence-corrected chi connectivity index (χ0v) is 25.5. The molecule has 6 heteroatoms. The molecule has 1 N–H and O–H groups in total. The Balaban J connectivity index is 1.44. The first-order valence-corrected chi connectivity index (χ1v) is 16.3. The van der Waals surface area contributed by atoms with Crippen LogP contribution in [-0.4, -0.2) is 49.4 Å². The number of ether oxygens (including phenoxy) is 2. The molecule has 3 aliphatic rings. The summed E-state index contributed by atoms with van der Waals surface area (Å²) in [4.78, 5) is 13.6. The highest BCUT2D eigenvalue weighted by Gasteiger charge is 2.68. The van der Waals surface area contributed by atoms with Crippen molar-refractivity contribution in [2.24, 2.45) is 11.8 Å². The van der Waals surface area contributed by atoms with Gasteiger partial charge in [-0.2, -0.15) is 0 Å². The monoisotopic (exact) mass is 548 g/mol. The van der Waals surface area contributed by atoms with Gasteiger partial charge < -0.3 is 19.0 Å². The van der Waals surface area contributed by atoms with Crippen LogP contribution in [0.3, 0.4) is 0 Å². The summed E-state index contributed by atoms with van der Waals surface area (Å²) in [5.74, 6) is -0.248. The smallest absolute Gasteiger partial charge is 0.331 e. The molecular formula is C33H44O5Si. The molecule has 0 spiro atoms. The van der Waals surface area contributed by atoms with Gasteiger partial charge in [0.05, 0.1) is 0 Å². The van der Waals surface area contributed by atoms with Crippen molar-refractivity contribution in [1.29, 1.82) is 0 Å². The number of esters is 1. The van der Waals surface area contributed by atoms with Gasteiger partial charge >= 0.3 is 5.97 Å². The molecule has 1 aliphatic carbocycles. The fourth-order valence-electron chi connectivity index (χ4n) is 7.66. The van der Waals surface area contributed by atoms with Crippen molar-refractivity contribution in [2.75, 3.05) is 6.61 Å². The Bertz CT molecular complexity index is 1190. The number of allylic oxidation sites excluding steroid dienone is 1. The van der Waals surface area contributed by atoms with Crippen LogP contribution in [0.15, 0.2) is 71.8 Å². The molecule has 2 fully saturated rings. The van der Waals surface area contributed by atoms with Crippen molar-refractivity contribution >= 4 is 24.7 Å². The zero-order chi connectivity index (χ0) is 28.2. The Morgan fingerprint density at radius 1 is 1.08 bits per heavy atom. The van der Waals surface area contributed by atoms with Gasteiger partial charge in [-0.3, -0.25) is 0 Å². The van der Waals surface area contributed by atoms with E-state index in [1.807, 2.05) is 36.4 Å². The minimum Gasteiger partial charge on any atom is -0.457 e. The third kappa shape index (κ3) is 4.35. The lowest BCUT2D eigenvalue weighted by Gasteiger charge is -2.49. The van der Waals surface area contributed by atoms with Gasteiger partial charge in [-0.15, -0.1) is 0 Å². The molecule has 2 aromatic carbocycles. The molecule has 2 saturated heterocycles. The van der Waals surface area contributed by atoms with Gasteiger partial charge in [0.15, 0.2) is 0 Å². The van der Waals surface area contributed by atoms with Crippen LogP contribution in [0, 0.1) is 11.8 Å². The van der Waals surface area contributed by atoms with Crippen LogP contribution >= 0.6 is 0 Å². The van der Waals surface area contributed by atoms with E-state index in [9.17, 15) is 9.90 Å². The van der Waals surface area contributed by atoms with Gasteiger partial charge in [-0.05, 0) is 53.6 Å². The average molecular weight is 549 g/mol. The average Bonchev–Trinajstić information content (AvgIpc) is 3.42. The summed E-state index contributed by atoms with van der Waals surface area (Å²) in [5.41, 5.74) is 0.952. The Labute approximate surface area is 234 Å². The van der Waals surface area contributed by atoms with E-state index in [0.29, 0.717) is 6.42 Å².